The van der Waals surface area contributed by atoms with Gasteiger partial charge in [-0.25, -0.2) is 0 Å². The van der Waals surface area contributed by atoms with Gasteiger partial charge in [0.05, 0.1) is 0 Å². The van der Waals surface area contributed by atoms with Crippen LogP contribution in [0.2, 0.25) is 0 Å². The number of amides is 1. The van der Waals surface area contributed by atoms with E-state index in [1.807, 2.05) is 0 Å². The molecule has 3 N–H and O–H groups in total. The molecule has 0 saturated heterocycles. The highest BCUT2D eigenvalue weighted by atomic mass is 32.2. The summed E-state index contributed by atoms with van der Waals surface area (Å²) in [6.45, 7) is 2.47. The molecule has 1 heterocycles. The molecule has 0 fully saturated rings. The van der Waals surface area contributed by atoms with E-state index in [2.05, 4.69) is 10.3 Å². The van der Waals surface area contributed by atoms with E-state index in [1.165, 1.54) is 6.07 Å². The van der Waals surface area contributed by atoms with Gasteiger partial charge in [0.15, 0.2) is 0 Å². The first-order valence-corrected chi connectivity index (χ1v) is 6.97. The number of aromatic amines is 1. The Bertz CT molecular complexity index is 445. The summed E-state index contributed by atoms with van der Waals surface area (Å²) >= 11 is 1.66. The highest BCUT2D eigenvalue weighted by molar-refractivity contribution is 7.99. The number of nitrogens with one attached hydrogen (secondary N) is 2. The van der Waals surface area contributed by atoms with Gasteiger partial charge in [-0.15, -0.1) is 0 Å². The van der Waals surface area contributed by atoms with Crippen LogP contribution in [0, 0.1) is 6.92 Å². The van der Waals surface area contributed by atoms with Crippen LogP contribution < -0.4 is 10.9 Å². The summed E-state index contributed by atoms with van der Waals surface area (Å²) in [5.41, 5.74) is 0.512. The number of rotatable bonds is 7. The summed E-state index contributed by atoms with van der Waals surface area (Å²) in [5.74, 6) is 1.30. The predicted octanol–water partition coefficient (Wildman–Crippen LogP) is 0.529. The number of hydrogen-bond donors (Lipinski definition) is 3. The number of aryl methyl sites for hydroxylation is 1. The second-order valence-electron chi connectivity index (χ2n) is 3.83. The Labute approximate surface area is 110 Å². The average molecular weight is 270 g/mol. The number of aliphatic hydroxyl groups excluding tert-OH is 1. The van der Waals surface area contributed by atoms with Crippen molar-refractivity contribution in [3.05, 3.63) is 33.7 Å². The topological polar surface area (TPSA) is 82.2 Å². The van der Waals surface area contributed by atoms with Crippen molar-refractivity contribution in [2.45, 2.75) is 13.3 Å². The van der Waals surface area contributed by atoms with E-state index in [0.717, 1.165) is 23.6 Å². The smallest absolute Gasteiger partial charge is 0.260 e. The quantitative estimate of drug-likeness (QED) is 0.631. The summed E-state index contributed by atoms with van der Waals surface area (Å²) < 4.78 is 0. The van der Waals surface area contributed by atoms with Gasteiger partial charge in [0.25, 0.3) is 11.5 Å². The standard InChI is InChI=1S/C12H18N2O3S/c1-9-3-4-10(12(17)14-9)11(16)13-5-8-18-7-2-6-15/h3-4,15H,2,5-8H2,1H3,(H,13,16)(H,14,17). The van der Waals surface area contributed by atoms with Crippen molar-refractivity contribution in [3.8, 4) is 0 Å². The summed E-state index contributed by atoms with van der Waals surface area (Å²) in [6, 6.07) is 3.23. The molecule has 0 aliphatic heterocycles. The first kappa shape index (κ1) is 14.8. The molecule has 0 radical (unpaired) electrons. The fourth-order valence-corrected chi connectivity index (χ4v) is 2.14. The molecule has 5 nitrogen and oxygen atoms in total. The van der Waals surface area contributed by atoms with Crippen LogP contribution in [0.25, 0.3) is 0 Å². The van der Waals surface area contributed by atoms with Gasteiger partial charge in [-0.3, -0.25) is 9.59 Å². The molecule has 0 aliphatic carbocycles. The van der Waals surface area contributed by atoms with E-state index in [0.29, 0.717) is 6.54 Å². The highest BCUT2D eigenvalue weighted by Crippen LogP contribution is 2.00. The summed E-state index contributed by atoms with van der Waals surface area (Å²) in [7, 11) is 0. The third kappa shape index (κ3) is 4.93. The summed E-state index contributed by atoms with van der Waals surface area (Å²) in [5, 5.41) is 11.3. The van der Waals surface area contributed by atoms with Gasteiger partial charge in [-0.1, -0.05) is 0 Å². The van der Waals surface area contributed by atoms with E-state index < -0.39 is 0 Å². The van der Waals surface area contributed by atoms with E-state index in [9.17, 15) is 9.59 Å². The molecule has 0 unspecified atom stereocenters. The zero-order valence-electron chi connectivity index (χ0n) is 10.4. The normalized spacial score (nSPS) is 10.3. The van der Waals surface area contributed by atoms with Crippen LogP contribution >= 0.6 is 11.8 Å². The van der Waals surface area contributed by atoms with Crippen LogP contribution in [-0.2, 0) is 0 Å². The lowest BCUT2D eigenvalue weighted by atomic mass is 10.2. The molecule has 0 spiro atoms. The highest BCUT2D eigenvalue weighted by Gasteiger charge is 2.09. The second-order valence-corrected chi connectivity index (χ2v) is 5.05. The van der Waals surface area contributed by atoms with Crippen molar-refractivity contribution < 1.29 is 9.90 Å². The van der Waals surface area contributed by atoms with Crippen molar-refractivity contribution in [1.82, 2.24) is 10.3 Å². The third-order valence-electron chi connectivity index (χ3n) is 2.28. The SMILES string of the molecule is Cc1ccc(C(=O)NCCSCCCO)c(=O)[nH]1. The second kappa shape index (κ2) is 7.94. The van der Waals surface area contributed by atoms with Crippen LogP contribution in [0.3, 0.4) is 0 Å². The molecule has 0 atom stereocenters. The number of aliphatic hydroxyl groups is 1. The predicted molar refractivity (Wildman–Crippen MR) is 73.2 cm³/mol. The van der Waals surface area contributed by atoms with Gasteiger partial charge in [-0.05, 0) is 31.2 Å². The first-order valence-electron chi connectivity index (χ1n) is 5.82. The average Bonchev–Trinajstić information content (AvgIpc) is 2.33. The summed E-state index contributed by atoms with van der Waals surface area (Å²) in [4.78, 5) is 25.8. The third-order valence-corrected chi connectivity index (χ3v) is 3.35. The molecular weight excluding hydrogens is 252 g/mol. The monoisotopic (exact) mass is 270 g/mol. The first-order chi connectivity index (χ1) is 8.65. The lowest BCUT2D eigenvalue weighted by Gasteiger charge is -2.04. The molecule has 1 aromatic heterocycles. The number of pyridine rings is 1. The minimum absolute atomic E-state index is 0.140. The van der Waals surface area contributed by atoms with Crippen molar-refractivity contribution >= 4 is 17.7 Å². The minimum atomic E-state index is -0.361. The maximum absolute atomic E-state index is 11.7. The number of carbonyl (C=O) groups excluding carboxylic acids is 1. The fourth-order valence-electron chi connectivity index (χ4n) is 1.35. The molecule has 1 rings (SSSR count). The lowest BCUT2D eigenvalue weighted by Crippen LogP contribution is -2.31. The molecule has 6 heteroatoms. The van der Waals surface area contributed by atoms with Crippen LogP contribution in [-0.4, -0.2) is 40.7 Å². The molecular formula is C12H18N2O3S. The lowest BCUT2D eigenvalue weighted by molar-refractivity contribution is 0.0954. The Morgan fingerprint density at radius 1 is 1.44 bits per heavy atom. The minimum Gasteiger partial charge on any atom is -0.396 e. The van der Waals surface area contributed by atoms with Crippen LogP contribution in [0.1, 0.15) is 22.5 Å². The van der Waals surface area contributed by atoms with Crippen LogP contribution in [0.5, 0.6) is 0 Å². The van der Waals surface area contributed by atoms with Gasteiger partial charge < -0.3 is 15.4 Å². The van der Waals surface area contributed by atoms with Crippen LogP contribution in [0.4, 0.5) is 0 Å². The fraction of sp³-hybridized carbons (Fsp3) is 0.500. The van der Waals surface area contributed by atoms with E-state index in [4.69, 9.17) is 5.11 Å². The molecule has 100 valence electrons. The maximum atomic E-state index is 11.7. The molecule has 0 bridgehead atoms. The zero-order chi connectivity index (χ0) is 13.4. The van der Waals surface area contributed by atoms with Gasteiger partial charge >= 0.3 is 0 Å². The largest absolute Gasteiger partial charge is 0.396 e. The Morgan fingerprint density at radius 3 is 2.89 bits per heavy atom. The van der Waals surface area contributed by atoms with Crippen molar-refractivity contribution in [2.75, 3.05) is 24.7 Å². The number of thioether (sulfide) groups is 1. The maximum Gasteiger partial charge on any atom is 0.260 e. The van der Waals surface area contributed by atoms with E-state index in [-0.39, 0.29) is 23.6 Å². The molecule has 0 saturated carbocycles. The van der Waals surface area contributed by atoms with Crippen molar-refractivity contribution in [2.24, 2.45) is 0 Å². The molecule has 0 aromatic carbocycles. The number of H-pyrrole nitrogens is 1. The van der Waals surface area contributed by atoms with Gasteiger partial charge in [-0.2, -0.15) is 11.8 Å². The Balaban J connectivity index is 2.34. The van der Waals surface area contributed by atoms with E-state index in [1.54, 1.807) is 24.8 Å². The Kier molecular flexibility index (Phi) is 6.53. The van der Waals surface area contributed by atoms with E-state index >= 15 is 0 Å². The van der Waals surface area contributed by atoms with Gasteiger partial charge in [0, 0.05) is 24.6 Å². The number of aromatic nitrogens is 1. The Hall–Kier alpha value is -1.27. The number of hydrogen-bond acceptors (Lipinski definition) is 4. The molecule has 1 amide bonds. The summed E-state index contributed by atoms with van der Waals surface area (Å²) in [6.07, 6.45) is 0.760. The van der Waals surface area contributed by atoms with Crippen molar-refractivity contribution in [3.63, 3.8) is 0 Å². The van der Waals surface area contributed by atoms with Crippen molar-refractivity contribution in [1.29, 1.82) is 0 Å². The molecule has 1 aromatic rings. The zero-order valence-corrected chi connectivity index (χ0v) is 11.2. The number of carbonyl (C=O) groups is 1. The molecule has 18 heavy (non-hydrogen) atoms. The Morgan fingerprint density at radius 2 is 2.22 bits per heavy atom. The van der Waals surface area contributed by atoms with Crippen LogP contribution in [0.15, 0.2) is 16.9 Å². The van der Waals surface area contributed by atoms with Gasteiger partial charge in [0.2, 0.25) is 0 Å². The van der Waals surface area contributed by atoms with Gasteiger partial charge in [0.1, 0.15) is 5.56 Å². The molecule has 0 aliphatic rings.